The second-order valence-corrected chi connectivity index (χ2v) is 6.18. The summed E-state index contributed by atoms with van der Waals surface area (Å²) in [5.41, 5.74) is 1.30. The van der Waals surface area contributed by atoms with E-state index in [-0.39, 0.29) is 5.56 Å². The van der Waals surface area contributed by atoms with E-state index in [1.807, 2.05) is 0 Å². The molecule has 1 N–H and O–H groups in total. The van der Waals surface area contributed by atoms with Crippen LogP contribution in [0, 0.1) is 0 Å². The number of imidazole rings is 1. The number of hydrogen-bond donors (Lipinski definition) is 1. The van der Waals surface area contributed by atoms with Crippen LogP contribution >= 0.6 is 0 Å². The Morgan fingerprint density at radius 1 is 1.15 bits per heavy atom. The summed E-state index contributed by atoms with van der Waals surface area (Å²) in [7, 11) is 4.64. The van der Waals surface area contributed by atoms with Gasteiger partial charge in [0.15, 0.2) is 11.5 Å². The minimum Gasteiger partial charge on any atom is -0.493 e. The van der Waals surface area contributed by atoms with Crippen molar-refractivity contribution in [1.82, 2.24) is 19.6 Å². The minimum atomic E-state index is -0.269. The fourth-order valence-electron chi connectivity index (χ4n) is 3.32. The van der Waals surface area contributed by atoms with Crippen molar-refractivity contribution >= 4 is 17.9 Å². The average Bonchev–Trinajstić information content (AvgIpc) is 2.99. The molecule has 27 heavy (non-hydrogen) atoms. The number of aromatic nitrogens is 4. The topological polar surface area (TPSA) is 90.7 Å². The van der Waals surface area contributed by atoms with E-state index in [9.17, 15) is 4.79 Å². The van der Waals surface area contributed by atoms with E-state index >= 15 is 0 Å². The molecule has 140 valence electrons. The first-order valence-corrected chi connectivity index (χ1v) is 8.65. The van der Waals surface area contributed by atoms with Gasteiger partial charge >= 0.3 is 0 Å². The Hall–Kier alpha value is -3.29. The first-order chi connectivity index (χ1) is 13.2. The fourth-order valence-corrected chi connectivity index (χ4v) is 3.32. The Balaban J connectivity index is 1.99. The highest BCUT2D eigenvalue weighted by atomic mass is 16.5. The molecule has 0 bridgehead atoms. The van der Waals surface area contributed by atoms with Crippen LogP contribution in [0.1, 0.15) is 24.1 Å². The number of ether oxygens (including phenoxy) is 3. The van der Waals surface area contributed by atoms with Gasteiger partial charge in [0.1, 0.15) is 5.35 Å². The average molecular weight is 368 g/mol. The highest BCUT2D eigenvalue weighted by Crippen LogP contribution is 2.39. The molecule has 1 aliphatic rings. The summed E-state index contributed by atoms with van der Waals surface area (Å²) in [4.78, 5) is 19.8. The molecule has 3 aromatic rings. The Kier molecular flexibility index (Phi) is 4.31. The highest BCUT2D eigenvalue weighted by molar-refractivity contribution is 5.66. The van der Waals surface area contributed by atoms with Crippen LogP contribution in [0.2, 0.25) is 0 Å². The molecule has 0 fully saturated rings. The number of fused-ring (bicyclic) bond motifs is 2. The van der Waals surface area contributed by atoms with Gasteiger partial charge in [0, 0.05) is 5.56 Å². The third-order valence-corrected chi connectivity index (χ3v) is 4.61. The smallest absolute Gasteiger partial charge is 0.276 e. The second-order valence-electron chi connectivity index (χ2n) is 6.18. The molecule has 0 radical (unpaired) electrons. The third kappa shape index (κ3) is 2.83. The van der Waals surface area contributed by atoms with Gasteiger partial charge in [-0.2, -0.15) is 9.61 Å². The zero-order chi connectivity index (χ0) is 19.0. The Labute approximate surface area is 154 Å². The van der Waals surface area contributed by atoms with E-state index < -0.39 is 0 Å². The molecule has 0 unspecified atom stereocenters. The summed E-state index contributed by atoms with van der Waals surface area (Å²) in [5.74, 6) is 1.90. The summed E-state index contributed by atoms with van der Waals surface area (Å²) in [5, 5.41) is 5.84. The van der Waals surface area contributed by atoms with Crippen LogP contribution in [0.5, 0.6) is 17.2 Å². The van der Waals surface area contributed by atoms with Gasteiger partial charge in [-0.05, 0) is 37.5 Å². The Morgan fingerprint density at radius 2 is 1.96 bits per heavy atom. The standard InChI is InChI=1S/C19H20N4O4/c1-25-15-9-8-11(16(26-2)17(15)27-3)10-14-18(24)21-19-20-12-6-4-5-7-13(12)22-23(14)19/h6,8-10H,4-5,7H2,1-3H3,(H,20,21,24)/b14-10-. The summed E-state index contributed by atoms with van der Waals surface area (Å²) in [6.45, 7) is 0. The van der Waals surface area contributed by atoms with E-state index in [1.54, 1.807) is 36.9 Å². The third-order valence-electron chi connectivity index (χ3n) is 4.61. The molecule has 0 aliphatic heterocycles. The van der Waals surface area contributed by atoms with Crippen LogP contribution in [0.15, 0.2) is 16.9 Å². The van der Waals surface area contributed by atoms with Gasteiger partial charge in [-0.1, -0.05) is 6.08 Å². The first kappa shape index (κ1) is 17.1. The van der Waals surface area contributed by atoms with Crippen LogP contribution in [0.25, 0.3) is 17.9 Å². The van der Waals surface area contributed by atoms with Gasteiger partial charge in [0.05, 0.1) is 32.4 Å². The van der Waals surface area contributed by atoms with E-state index in [0.29, 0.717) is 33.9 Å². The number of hydrogen-bond acceptors (Lipinski definition) is 6. The van der Waals surface area contributed by atoms with Gasteiger partial charge in [-0.3, -0.25) is 9.78 Å². The molecule has 0 saturated heterocycles. The van der Waals surface area contributed by atoms with Crippen molar-refractivity contribution in [1.29, 1.82) is 0 Å². The Bertz CT molecular complexity index is 1190. The van der Waals surface area contributed by atoms with Gasteiger partial charge in [0.2, 0.25) is 11.5 Å². The van der Waals surface area contributed by atoms with Crippen LogP contribution in [-0.4, -0.2) is 40.9 Å². The first-order valence-electron chi connectivity index (χ1n) is 8.65. The van der Waals surface area contributed by atoms with Gasteiger partial charge < -0.3 is 14.2 Å². The number of nitrogens with zero attached hydrogens (tertiary/aromatic N) is 3. The van der Waals surface area contributed by atoms with E-state index in [0.717, 1.165) is 30.3 Å². The number of aromatic amines is 1. The van der Waals surface area contributed by atoms with Crippen molar-refractivity contribution in [3.8, 4) is 17.2 Å². The fraction of sp³-hybridized carbons (Fsp3) is 0.316. The molecule has 2 heterocycles. The molecule has 0 atom stereocenters. The summed E-state index contributed by atoms with van der Waals surface area (Å²) >= 11 is 0. The van der Waals surface area contributed by atoms with Crippen molar-refractivity contribution in [2.45, 2.75) is 19.3 Å². The van der Waals surface area contributed by atoms with Crippen LogP contribution < -0.4 is 30.5 Å². The normalized spacial score (nSPS) is 14.0. The van der Waals surface area contributed by atoms with E-state index in [4.69, 9.17) is 14.2 Å². The predicted molar refractivity (Wildman–Crippen MR) is 99.9 cm³/mol. The molecule has 0 amide bonds. The van der Waals surface area contributed by atoms with Gasteiger partial charge in [-0.25, -0.2) is 4.98 Å². The number of rotatable bonds is 4. The van der Waals surface area contributed by atoms with E-state index in [2.05, 4.69) is 21.1 Å². The van der Waals surface area contributed by atoms with E-state index in [1.165, 1.54) is 7.11 Å². The molecule has 0 spiro atoms. The number of nitrogens with one attached hydrogen (secondary N) is 1. The largest absolute Gasteiger partial charge is 0.493 e. The SMILES string of the molecule is COc1ccc(/C=c2/c(=O)[nH]c3nc4c(nn23)CCCC=4)c(OC)c1OC. The van der Waals surface area contributed by atoms with Crippen LogP contribution in [0.4, 0.5) is 0 Å². The zero-order valence-corrected chi connectivity index (χ0v) is 15.4. The maximum atomic E-state index is 12.5. The van der Waals surface area contributed by atoms with Gasteiger partial charge in [0.25, 0.3) is 5.56 Å². The number of aryl methyl sites for hydroxylation is 1. The maximum Gasteiger partial charge on any atom is 0.276 e. The molecule has 8 heteroatoms. The lowest BCUT2D eigenvalue weighted by Crippen LogP contribution is -2.30. The maximum absolute atomic E-state index is 12.5. The molecule has 1 aliphatic carbocycles. The van der Waals surface area contributed by atoms with Crippen LogP contribution in [-0.2, 0) is 6.42 Å². The lowest BCUT2D eigenvalue weighted by atomic mass is 10.1. The summed E-state index contributed by atoms with van der Waals surface area (Å²) in [6, 6.07) is 3.57. The minimum absolute atomic E-state index is 0.269. The molecule has 8 nitrogen and oxygen atoms in total. The van der Waals surface area contributed by atoms with Crippen LogP contribution in [0.3, 0.4) is 0 Å². The lowest BCUT2D eigenvalue weighted by molar-refractivity contribution is 0.324. The van der Waals surface area contributed by atoms with Gasteiger partial charge in [-0.15, -0.1) is 0 Å². The number of benzene rings is 1. The summed E-state index contributed by atoms with van der Waals surface area (Å²) in [6.07, 6.45) is 6.62. The molecule has 4 rings (SSSR count). The lowest BCUT2D eigenvalue weighted by Gasteiger charge is -2.13. The van der Waals surface area contributed by atoms with Crippen molar-refractivity contribution in [3.63, 3.8) is 0 Å². The quantitative estimate of drug-likeness (QED) is 0.716. The second kappa shape index (κ2) is 6.79. The Morgan fingerprint density at radius 3 is 2.70 bits per heavy atom. The van der Waals surface area contributed by atoms with Crippen molar-refractivity contribution in [2.24, 2.45) is 0 Å². The predicted octanol–water partition coefficient (Wildman–Crippen LogP) is 0.389. The molecule has 2 aromatic heterocycles. The molecular formula is C19H20N4O4. The molecule has 0 saturated carbocycles. The monoisotopic (exact) mass is 368 g/mol. The molecule has 1 aromatic carbocycles. The van der Waals surface area contributed by atoms with Crippen molar-refractivity contribution in [2.75, 3.05) is 21.3 Å². The zero-order valence-electron chi connectivity index (χ0n) is 15.4. The number of methoxy groups -OCH3 is 3. The molecular weight excluding hydrogens is 348 g/mol. The highest BCUT2D eigenvalue weighted by Gasteiger charge is 2.16. The summed E-state index contributed by atoms with van der Waals surface area (Å²) < 4.78 is 17.8. The number of H-pyrrole nitrogens is 1. The van der Waals surface area contributed by atoms with Crippen molar-refractivity contribution < 1.29 is 14.2 Å². The van der Waals surface area contributed by atoms with Crippen molar-refractivity contribution in [3.05, 3.63) is 44.4 Å².